The fraction of sp³-hybridized carbons (Fsp3) is 0.438. The summed E-state index contributed by atoms with van der Waals surface area (Å²) in [5, 5.41) is 3.96. The summed E-state index contributed by atoms with van der Waals surface area (Å²) in [6.45, 7) is 7.44. The van der Waals surface area contributed by atoms with Crippen molar-refractivity contribution in [3.8, 4) is 11.5 Å². The maximum Gasteiger partial charge on any atom is 0.169 e. The monoisotopic (exact) mass is 306 g/mol. The minimum atomic E-state index is 0.207. The largest absolute Gasteiger partial charge is 0.493 e. The van der Waals surface area contributed by atoms with Crippen LogP contribution in [0, 0.1) is 0 Å². The quantitative estimate of drug-likeness (QED) is 0.683. The zero-order valence-corrected chi connectivity index (χ0v) is 13.6. The highest BCUT2D eigenvalue weighted by Gasteiger charge is 2.27. The molecule has 0 amide bonds. The van der Waals surface area contributed by atoms with Gasteiger partial charge in [-0.3, -0.25) is 0 Å². The summed E-state index contributed by atoms with van der Waals surface area (Å²) in [4.78, 5) is 2.20. The van der Waals surface area contributed by atoms with Crippen LogP contribution in [0.15, 0.2) is 24.8 Å². The van der Waals surface area contributed by atoms with Crippen LogP contribution in [0.5, 0.6) is 11.5 Å². The van der Waals surface area contributed by atoms with Gasteiger partial charge < -0.3 is 19.7 Å². The molecule has 1 aliphatic rings. The smallest absolute Gasteiger partial charge is 0.169 e. The molecule has 0 fully saturated rings. The van der Waals surface area contributed by atoms with Crippen LogP contribution >= 0.6 is 12.2 Å². The number of fused-ring (bicyclic) bond motifs is 1. The molecule has 2 rings (SSSR count). The van der Waals surface area contributed by atoms with Crippen molar-refractivity contribution in [3.63, 3.8) is 0 Å². The Morgan fingerprint density at radius 3 is 2.71 bits per heavy atom. The fourth-order valence-corrected chi connectivity index (χ4v) is 3.02. The molecule has 1 atom stereocenters. The van der Waals surface area contributed by atoms with E-state index in [1.165, 1.54) is 11.1 Å². The number of nitrogens with zero attached hydrogens (tertiary/aromatic N) is 1. The van der Waals surface area contributed by atoms with E-state index < -0.39 is 0 Å². The SMILES string of the molecule is C=CCNC(=S)N1CCc2cc(OC)c(OC)cc2[C@H]1C. The first-order chi connectivity index (χ1) is 10.1. The average molecular weight is 306 g/mol. The van der Waals surface area contributed by atoms with Crippen molar-refractivity contribution in [3.05, 3.63) is 35.9 Å². The lowest BCUT2D eigenvalue weighted by atomic mass is 9.93. The maximum atomic E-state index is 5.47. The molecule has 4 nitrogen and oxygen atoms in total. The summed E-state index contributed by atoms with van der Waals surface area (Å²) >= 11 is 5.47. The second-order valence-electron chi connectivity index (χ2n) is 5.00. The van der Waals surface area contributed by atoms with E-state index in [0.29, 0.717) is 6.54 Å². The van der Waals surface area contributed by atoms with Crippen molar-refractivity contribution < 1.29 is 9.47 Å². The summed E-state index contributed by atoms with van der Waals surface area (Å²) in [6, 6.07) is 4.34. The fourth-order valence-electron chi connectivity index (χ4n) is 2.68. The molecule has 0 spiro atoms. The Morgan fingerprint density at radius 2 is 2.10 bits per heavy atom. The molecule has 1 heterocycles. The van der Waals surface area contributed by atoms with E-state index in [1.54, 1.807) is 14.2 Å². The van der Waals surface area contributed by atoms with Gasteiger partial charge in [0.1, 0.15) is 0 Å². The van der Waals surface area contributed by atoms with Gasteiger partial charge in [0.15, 0.2) is 16.6 Å². The normalized spacial score (nSPS) is 16.9. The zero-order valence-electron chi connectivity index (χ0n) is 12.8. The standard InChI is InChI=1S/C16H22N2O2S/c1-5-7-17-16(21)18-8-6-12-9-14(19-3)15(20-4)10-13(12)11(18)2/h5,9-11H,1,6-8H2,2-4H3,(H,17,21)/t11-/m1/s1. The van der Waals surface area contributed by atoms with Crippen molar-refractivity contribution >= 4 is 17.3 Å². The van der Waals surface area contributed by atoms with Gasteiger partial charge in [-0.15, -0.1) is 6.58 Å². The average Bonchev–Trinajstić information content (AvgIpc) is 2.51. The number of ether oxygens (including phenoxy) is 2. The lowest BCUT2D eigenvalue weighted by Gasteiger charge is -2.37. The summed E-state index contributed by atoms with van der Waals surface area (Å²) in [5.41, 5.74) is 2.53. The number of nitrogens with one attached hydrogen (secondary N) is 1. The molecule has 21 heavy (non-hydrogen) atoms. The number of hydrogen-bond donors (Lipinski definition) is 1. The Labute approximate surface area is 131 Å². The summed E-state index contributed by atoms with van der Waals surface area (Å²) in [6.07, 6.45) is 2.75. The Bertz CT molecular complexity index is 545. The van der Waals surface area contributed by atoms with Gasteiger partial charge in [-0.2, -0.15) is 0 Å². The molecule has 5 heteroatoms. The van der Waals surface area contributed by atoms with E-state index in [2.05, 4.69) is 35.9 Å². The van der Waals surface area contributed by atoms with Crippen LogP contribution in [0.3, 0.4) is 0 Å². The van der Waals surface area contributed by atoms with Gasteiger partial charge in [0.25, 0.3) is 0 Å². The molecule has 1 aliphatic heterocycles. The maximum absolute atomic E-state index is 5.47. The zero-order chi connectivity index (χ0) is 15.4. The topological polar surface area (TPSA) is 33.7 Å². The van der Waals surface area contributed by atoms with Crippen LogP contribution in [0.2, 0.25) is 0 Å². The number of hydrogen-bond acceptors (Lipinski definition) is 3. The molecule has 0 saturated carbocycles. The molecule has 0 aromatic heterocycles. The minimum Gasteiger partial charge on any atom is -0.493 e. The third kappa shape index (κ3) is 3.13. The van der Waals surface area contributed by atoms with Gasteiger partial charge in [-0.05, 0) is 48.8 Å². The predicted molar refractivity (Wildman–Crippen MR) is 89.2 cm³/mol. The molecule has 0 radical (unpaired) electrons. The first-order valence-electron chi connectivity index (χ1n) is 7.02. The molecule has 114 valence electrons. The van der Waals surface area contributed by atoms with Gasteiger partial charge in [-0.1, -0.05) is 6.08 Å². The van der Waals surface area contributed by atoms with Crippen molar-refractivity contribution in [2.45, 2.75) is 19.4 Å². The van der Waals surface area contributed by atoms with Crippen molar-refractivity contribution in [1.82, 2.24) is 10.2 Å². The molecule has 0 bridgehead atoms. The molecule has 1 aromatic carbocycles. The second-order valence-corrected chi connectivity index (χ2v) is 5.39. The Kier molecular flexibility index (Phi) is 5.07. The van der Waals surface area contributed by atoms with E-state index >= 15 is 0 Å². The highest BCUT2D eigenvalue weighted by atomic mass is 32.1. The molecule has 1 aromatic rings. The molecular formula is C16H22N2O2S. The Hall–Kier alpha value is -1.75. The van der Waals surface area contributed by atoms with Crippen molar-refractivity contribution in [2.75, 3.05) is 27.3 Å². The van der Waals surface area contributed by atoms with E-state index in [-0.39, 0.29) is 6.04 Å². The van der Waals surface area contributed by atoms with E-state index in [4.69, 9.17) is 21.7 Å². The van der Waals surface area contributed by atoms with E-state index in [0.717, 1.165) is 29.6 Å². The first kappa shape index (κ1) is 15.6. The van der Waals surface area contributed by atoms with Crippen LogP contribution in [-0.2, 0) is 6.42 Å². The number of thiocarbonyl (C=S) groups is 1. The molecular weight excluding hydrogens is 284 g/mol. The van der Waals surface area contributed by atoms with Gasteiger partial charge in [0, 0.05) is 13.1 Å². The molecule has 0 aliphatic carbocycles. The third-order valence-electron chi connectivity index (χ3n) is 3.84. The minimum absolute atomic E-state index is 0.207. The predicted octanol–water partition coefficient (Wildman–Crippen LogP) is 2.68. The van der Waals surface area contributed by atoms with Crippen LogP contribution in [0.4, 0.5) is 0 Å². The summed E-state index contributed by atoms with van der Waals surface area (Å²) in [5.74, 6) is 1.54. The van der Waals surface area contributed by atoms with Gasteiger partial charge in [0.05, 0.1) is 20.3 Å². The van der Waals surface area contributed by atoms with Crippen molar-refractivity contribution in [1.29, 1.82) is 0 Å². The summed E-state index contributed by atoms with van der Waals surface area (Å²) < 4.78 is 10.8. The van der Waals surface area contributed by atoms with Crippen LogP contribution in [0.25, 0.3) is 0 Å². The molecule has 0 unspecified atom stereocenters. The highest BCUT2D eigenvalue weighted by molar-refractivity contribution is 7.80. The number of methoxy groups -OCH3 is 2. The Morgan fingerprint density at radius 1 is 1.43 bits per heavy atom. The van der Waals surface area contributed by atoms with Crippen LogP contribution in [0.1, 0.15) is 24.1 Å². The summed E-state index contributed by atoms with van der Waals surface area (Å²) in [7, 11) is 3.32. The van der Waals surface area contributed by atoms with Crippen LogP contribution in [-0.4, -0.2) is 37.3 Å². The van der Waals surface area contributed by atoms with Crippen molar-refractivity contribution in [2.24, 2.45) is 0 Å². The lowest BCUT2D eigenvalue weighted by Crippen LogP contribution is -2.44. The van der Waals surface area contributed by atoms with Gasteiger partial charge >= 0.3 is 0 Å². The van der Waals surface area contributed by atoms with Gasteiger partial charge in [-0.25, -0.2) is 0 Å². The number of rotatable bonds is 4. The third-order valence-corrected chi connectivity index (χ3v) is 4.22. The van der Waals surface area contributed by atoms with E-state index in [1.807, 2.05) is 6.08 Å². The van der Waals surface area contributed by atoms with E-state index in [9.17, 15) is 0 Å². The Balaban J connectivity index is 2.28. The highest BCUT2D eigenvalue weighted by Crippen LogP contribution is 2.37. The first-order valence-corrected chi connectivity index (χ1v) is 7.43. The lowest BCUT2D eigenvalue weighted by molar-refractivity contribution is 0.309. The second kappa shape index (κ2) is 6.80. The molecule has 0 saturated heterocycles. The molecule has 1 N–H and O–H groups in total. The number of benzene rings is 1. The van der Waals surface area contributed by atoms with Crippen LogP contribution < -0.4 is 14.8 Å². The van der Waals surface area contributed by atoms with Gasteiger partial charge in [0.2, 0.25) is 0 Å².